The van der Waals surface area contributed by atoms with Crippen molar-refractivity contribution in [3.05, 3.63) is 64.9 Å². The zero-order valence-corrected chi connectivity index (χ0v) is 26.3. The molecule has 0 bridgehead atoms. The van der Waals surface area contributed by atoms with Gasteiger partial charge in [0.1, 0.15) is 21.3 Å². The minimum Gasteiger partial charge on any atom is -0.494 e. The topological polar surface area (TPSA) is 147 Å². The van der Waals surface area contributed by atoms with Crippen LogP contribution in [0.2, 0.25) is 0 Å². The molecule has 0 spiro atoms. The molecule has 1 aliphatic rings. The van der Waals surface area contributed by atoms with E-state index in [0.29, 0.717) is 70.6 Å². The van der Waals surface area contributed by atoms with Crippen molar-refractivity contribution in [3.8, 4) is 16.5 Å². The second kappa shape index (κ2) is 14.1. The SMILES string of the molecule is COc1cnc(-c2ncc(C(=O)NCCOCCI)s2)c2[nH]cc(C(=O)C(=O)N3CCN(C(=O)c4ccccc4)CC3)c12. The third-order valence-electron chi connectivity index (χ3n) is 6.89. The largest absolute Gasteiger partial charge is 0.494 e. The van der Waals surface area contributed by atoms with Crippen LogP contribution < -0.4 is 10.1 Å². The fourth-order valence-electron chi connectivity index (χ4n) is 4.72. The van der Waals surface area contributed by atoms with E-state index in [9.17, 15) is 19.2 Å². The number of rotatable bonds is 11. The molecule has 14 heteroatoms. The number of ether oxygens (including phenoxy) is 2. The lowest BCUT2D eigenvalue weighted by molar-refractivity contribution is -0.127. The van der Waals surface area contributed by atoms with E-state index in [4.69, 9.17) is 9.47 Å². The van der Waals surface area contributed by atoms with Gasteiger partial charge in [0.15, 0.2) is 0 Å². The molecule has 4 aromatic rings. The number of amides is 3. The molecule has 0 atom stereocenters. The van der Waals surface area contributed by atoms with E-state index >= 15 is 0 Å². The van der Waals surface area contributed by atoms with Gasteiger partial charge in [0.2, 0.25) is 0 Å². The number of piperazine rings is 1. The number of hydrogen-bond acceptors (Lipinski definition) is 9. The maximum absolute atomic E-state index is 13.5. The number of carbonyl (C=O) groups excluding carboxylic acids is 4. The number of nitrogens with zero attached hydrogens (tertiary/aromatic N) is 4. The minimum atomic E-state index is -0.700. The van der Waals surface area contributed by atoms with Crippen molar-refractivity contribution in [3.63, 3.8) is 0 Å². The Bertz CT molecular complexity index is 1630. The van der Waals surface area contributed by atoms with Crippen molar-refractivity contribution < 1.29 is 28.7 Å². The molecule has 1 saturated heterocycles. The number of H-pyrrole nitrogens is 1. The molecular weight excluding hydrogens is 687 g/mol. The molecule has 0 saturated carbocycles. The van der Waals surface area contributed by atoms with E-state index in [0.717, 1.165) is 15.8 Å². The third-order valence-corrected chi connectivity index (χ3v) is 8.34. The molecule has 3 aromatic heterocycles. The molecule has 12 nitrogen and oxygen atoms in total. The van der Waals surface area contributed by atoms with E-state index in [-0.39, 0.29) is 30.5 Å². The van der Waals surface area contributed by atoms with Gasteiger partial charge in [0.25, 0.3) is 23.5 Å². The number of carbonyl (C=O) groups is 4. The molecule has 0 radical (unpaired) electrons. The Morgan fingerprint density at radius 3 is 2.49 bits per heavy atom. The molecule has 1 fully saturated rings. The van der Waals surface area contributed by atoms with Gasteiger partial charge in [-0.1, -0.05) is 40.8 Å². The standard InChI is InChI=1S/C29H29IN6O6S/c1-41-20-16-33-24(27-34-17-21(43-27)26(38)31-8-14-42-13-7-30)23-22(20)19(15-32-23)25(37)29(40)36-11-9-35(10-12-36)28(39)18-5-3-2-4-6-18/h2-6,15-17,32H,7-14H2,1H3,(H,31,38). The average Bonchev–Trinajstić information content (AvgIpc) is 3.72. The normalized spacial score (nSPS) is 13.3. The van der Waals surface area contributed by atoms with Crippen molar-refractivity contribution in [2.24, 2.45) is 0 Å². The first kappa shape index (κ1) is 30.6. The maximum atomic E-state index is 13.5. The lowest BCUT2D eigenvalue weighted by Crippen LogP contribution is -2.52. The highest BCUT2D eigenvalue weighted by Gasteiger charge is 2.31. The highest BCUT2D eigenvalue weighted by molar-refractivity contribution is 14.1. The van der Waals surface area contributed by atoms with E-state index in [1.807, 2.05) is 6.07 Å². The summed E-state index contributed by atoms with van der Waals surface area (Å²) in [5.74, 6) is -1.43. The Hall–Kier alpha value is -3.89. The number of ketones is 1. The lowest BCUT2D eigenvalue weighted by Gasteiger charge is -2.34. The van der Waals surface area contributed by atoms with E-state index in [1.54, 1.807) is 29.2 Å². The van der Waals surface area contributed by atoms with Crippen LogP contribution in [0.4, 0.5) is 0 Å². The molecule has 0 unspecified atom stereocenters. The Labute approximate surface area is 264 Å². The van der Waals surface area contributed by atoms with Gasteiger partial charge < -0.3 is 29.6 Å². The number of methoxy groups -OCH3 is 1. The van der Waals surface area contributed by atoms with Gasteiger partial charge in [-0.2, -0.15) is 0 Å². The zero-order chi connectivity index (χ0) is 30.3. The molecule has 224 valence electrons. The smallest absolute Gasteiger partial charge is 0.295 e. The Balaban J connectivity index is 1.30. The van der Waals surface area contributed by atoms with Crippen molar-refractivity contribution >= 4 is 68.3 Å². The van der Waals surface area contributed by atoms with Gasteiger partial charge >= 0.3 is 0 Å². The molecular formula is C29H29IN6O6S. The van der Waals surface area contributed by atoms with Gasteiger partial charge in [-0.3, -0.25) is 19.2 Å². The van der Waals surface area contributed by atoms with Crippen LogP contribution in [0.3, 0.4) is 0 Å². The molecule has 43 heavy (non-hydrogen) atoms. The quantitative estimate of drug-likeness (QED) is 0.0793. The number of thiazole rings is 1. The summed E-state index contributed by atoms with van der Waals surface area (Å²) < 4.78 is 11.8. The van der Waals surface area contributed by atoms with Crippen LogP contribution in [0.5, 0.6) is 5.75 Å². The first-order valence-corrected chi connectivity index (χ1v) is 15.9. The van der Waals surface area contributed by atoms with Gasteiger partial charge in [0, 0.05) is 48.9 Å². The second-order valence-corrected chi connectivity index (χ2v) is 11.6. The van der Waals surface area contributed by atoms with E-state index < -0.39 is 11.7 Å². The fraction of sp³-hybridized carbons (Fsp3) is 0.310. The van der Waals surface area contributed by atoms with Crippen LogP contribution in [0, 0.1) is 0 Å². The average molecular weight is 717 g/mol. The predicted octanol–water partition coefficient (Wildman–Crippen LogP) is 3.04. The monoisotopic (exact) mass is 716 g/mol. The second-order valence-electron chi connectivity index (χ2n) is 9.49. The number of aromatic amines is 1. The highest BCUT2D eigenvalue weighted by atomic mass is 127. The molecule has 0 aliphatic carbocycles. The summed E-state index contributed by atoms with van der Waals surface area (Å²) in [5, 5.41) is 3.67. The Morgan fingerprint density at radius 2 is 1.77 bits per heavy atom. The lowest BCUT2D eigenvalue weighted by atomic mass is 10.1. The van der Waals surface area contributed by atoms with Crippen molar-refractivity contribution in [2.75, 3.05) is 57.5 Å². The molecule has 2 N–H and O–H groups in total. The Morgan fingerprint density at radius 1 is 1.02 bits per heavy atom. The summed E-state index contributed by atoms with van der Waals surface area (Å²) in [4.78, 5) is 67.6. The van der Waals surface area contributed by atoms with E-state index in [2.05, 4.69) is 42.9 Å². The van der Waals surface area contributed by atoms with Crippen LogP contribution in [0.1, 0.15) is 30.4 Å². The minimum absolute atomic E-state index is 0.107. The summed E-state index contributed by atoms with van der Waals surface area (Å²) in [7, 11) is 1.46. The number of fused-ring (bicyclic) bond motifs is 1. The van der Waals surface area contributed by atoms with Crippen molar-refractivity contribution in [2.45, 2.75) is 0 Å². The van der Waals surface area contributed by atoms with Crippen molar-refractivity contribution in [1.82, 2.24) is 30.1 Å². The number of benzene rings is 1. The van der Waals surface area contributed by atoms with E-state index in [1.165, 1.54) is 30.6 Å². The number of halogens is 1. The summed E-state index contributed by atoms with van der Waals surface area (Å²) >= 11 is 3.38. The highest BCUT2D eigenvalue weighted by Crippen LogP contribution is 2.36. The zero-order valence-electron chi connectivity index (χ0n) is 23.3. The van der Waals surface area contributed by atoms with Gasteiger partial charge in [-0.05, 0) is 12.1 Å². The summed E-state index contributed by atoms with van der Waals surface area (Å²) in [6.45, 7) is 2.54. The number of aromatic nitrogens is 3. The van der Waals surface area contributed by atoms with Crippen LogP contribution in [0.15, 0.2) is 48.9 Å². The molecule has 3 amide bonds. The number of alkyl halides is 1. The van der Waals surface area contributed by atoms with Gasteiger partial charge in [-0.25, -0.2) is 9.97 Å². The van der Waals surface area contributed by atoms with Crippen LogP contribution in [-0.4, -0.2) is 106 Å². The molecule has 5 rings (SSSR count). The molecule has 4 heterocycles. The number of pyridine rings is 1. The predicted molar refractivity (Wildman–Crippen MR) is 169 cm³/mol. The first-order valence-electron chi connectivity index (χ1n) is 13.5. The van der Waals surface area contributed by atoms with Gasteiger partial charge in [-0.15, -0.1) is 11.3 Å². The number of Topliss-reactive ketones (excluding diaryl/α,β-unsaturated/α-hetero) is 1. The Kier molecular flexibility index (Phi) is 9.99. The van der Waals surface area contributed by atoms with Crippen LogP contribution in [0.25, 0.3) is 21.6 Å². The summed E-state index contributed by atoms with van der Waals surface area (Å²) in [6.07, 6.45) is 4.40. The third kappa shape index (κ3) is 6.70. The van der Waals surface area contributed by atoms with Gasteiger partial charge in [0.05, 0.1) is 49.2 Å². The first-order chi connectivity index (χ1) is 20.9. The van der Waals surface area contributed by atoms with Crippen LogP contribution >= 0.6 is 33.9 Å². The number of hydrogen-bond donors (Lipinski definition) is 2. The fourth-order valence-corrected chi connectivity index (χ4v) is 5.86. The molecule has 1 aromatic carbocycles. The van der Waals surface area contributed by atoms with Crippen LogP contribution in [-0.2, 0) is 9.53 Å². The van der Waals surface area contributed by atoms with Crippen molar-refractivity contribution in [1.29, 1.82) is 0 Å². The summed E-state index contributed by atoms with van der Waals surface area (Å²) in [6, 6.07) is 8.96. The summed E-state index contributed by atoms with van der Waals surface area (Å²) in [5.41, 5.74) is 1.61. The molecule has 1 aliphatic heterocycles. The number of nitrogens with one attached hydrogen (secondary N) is 2. The maximum Gasteiger partial charge on any atom is 0.295 e.